The van der Waals surface area contributed by atoms with E-state index in [2.05, 4.69) is 15.6 Å². The summed E-state index contributed by atoms with van der Waals surface area (Å²) in [6, 6.07) is 6.79. The Morgan fingerprint density at radius 3 is 2.91 bits per heavy atom. The number of nitrogens with one attached hydrogen (secondary N) is 2. The van der Waals surface area contributed by atoms with E-state index in [0.717, 1.165) is 5.76 Å². The fourth-order valence-corrected chi connectivity index (χ4v) is 2.06. The molecule has 0 radical (unpaired) electrons. The summed E-state index contributed by atoms with van der Waals surface area (Å²) in [6.45, 7) is 3.75. The van der Waals surface area contributed by atoms with Crippen molar-refractivity contribution in [3.8, 4) is 5.75 Å². The summed E-state index contributed by atoms with van der Waals surface area (Å²) < 4.78 is 10.8. The Balaban J connectivity index is 1.71. The zero-order valence-corrected chi connectivity index (χ0v) is 12.2. The van der Waals surface area contributed by atoms with E-state index >= 15 is 0 Å². The number of hydrogen-bond acceptors (Lipinski definition) is 5. The van der Waals surface area contributed by atoms with Crippen LogP contribution in [0.5, 0.6) is 5.75 Å². The second-order valence-electron chi connectivity index (χ2n) is 4.99. The van der Waals surface area contributed by atoms with Crippen molar-refractivity contribution in [1.82, 2.24) is 10.3 Å². The molecule has 3 heterocycles. The van der Waals surface area contributed by atoms with Crippen LogP contribution < -0.4 is 15.4 Å². The number of fused-ring (bicyclic) bond motifs is 1. The number of rotatable bonds is 3. The molecule has 114 valence electrons. The van der Waals surface area contributed by atoms with Crippen molar-refractivity contribution in [2.24, 2.45) is 0 Å². The van der Waals surface area contributed by atoms with Gasteiger partial charge in [0.15, 0.2) is 17.7 Å². The molecule has 0 saturated carbocycles. The van der Waals surface area contributed by atoms with Crippen molar-refractivity contribution in [1.29, 1.82) is 0 Å². The van der Waals surface area contributed by atoms with Crippen LogP contribution in [-0.4, -0.2) is 22.9 Å². The maximum absolute atomic E-state index is 12.1. The fraction of sp³-hybridized carbons (Fsp3) is 0.267. The molecule has 2 aromatic heterocycles. The number of carbonyl (C=O) groups is 2. The maximum Gasteiger partial charge on any atom is 0.270 e. The van der Waals surface area contributed by atoms with Gasteiger partial charge in [-0.25, -0.2) is 4.98 Å². The van der Waals surface area contributed by atoms with Gasteiger partial charge in [0.05, 0.1) is 6.54 Å². The molecule has 0 bridgehead atoms. The molecule has 2 aromatic rings. The highest BCUT2D eigenvalue weighted by Gasteiger charge is 2.25. The highest BCUT2D eigenvalue weighted by atomic mass is 16.5. The van der Waals surface area contributed by atoms with Crippen molar-refractivity contribution < 1.29 is 18.7 Å². The normalized spacial score (nSPS) is 16.5. The Hall–Kier alpha value is -2.83. The summed E-state index contributed by atoms with van der Waals surface area (Å²) in [5.74, 6) is 1.50. The third-order valence-electron chi connectivity index (χ3n) is 3.22. The van der Waals surface area contributed by atoms with Crippen LogP contribution in [0.4, 0.5) is 5.82 Å². The minimum Gasteiger partial charge on any atom is -0.477 e. The van der Waals surface area contributed by atoms with E-state index < -0.39 is 6.10 Å². The minimum absolute atomic E-state index is 0.195. The lowest BCUT2D eigenvalue weighted by Crippen LogP contribution is -2.35. The number of anilines is 1. The predicted molar refractivity (Wildman–Crippen MR) is 77.6 cm³/mol. The second-order valence-corrected chi connectivity index (χ2v) is 4.99. The number of aromatic nitrogens is 1. The zero-order chi connectivity index (χ0) is 15.7. The number of nitrogens with zero attached hydrogens (tertiary/aromatic N) is 1. The second kappa shape index (κ2) is 5.51. The third-order valence-corrected chi connectivity index (χ3v) is 3.22. The quantitative estimate of drug-likeness (QED) is 0.898. The van der Waals surface area contributed by atoms with E-state index in [1.54, 1.807) is 25.1 Å². The first-order valence-electron chi connectivity index (χ1n) is 6.85. The molecule has 0 fully saturated rings. The summed E-state index contributed by atoms with van der Waals surface area (Å²) in [5.41, 5.74) is 0.195. The molecule has 2 amide bonds. The van der Waals surface area contributed by atoms with Crippen molar-refractivity contribution in [2.75, 3.05) is 5.32 Å². The Morgan fingerprint density at radius 1 is 1.36 bits per heavy atom. The largest absolute Gasteiger partial charge is 0.477 e. The number of amides is 2. The standard InChI is InChI=1S/C15H15N3O4/c1-8-3-4-10(21-8)7-16-15(20)11-5-6-12-13(17-11)18-14(19)9(2)22-12/h3-6,9H,7H2,1-2H3,(H,16,20)(H,17,18,19). The first kappa shape index (κ1) is 14.1. The molecule has 0 spiro atoms. The topological polar surface area (TPSA) is 93.5 Å². The van der Waals surface area contributed by atoms with Gasteiger partial charge in [-0.3, -0.25) is 9.59 Å². The van der Waals surface area contributed by atoms with Gasteiger partial charge in [0.2, 0.25) is 0 Å². The van der Waals surface area contributed by atoms with Crippen LogP contribution >= 0.6 is 0 Å². The number of carbonyl (C=O) groups excluding carboxylic acids is 2. The first-order valence-corrected chi connectivity index (χ1v) is 6.85. The summed E-state index contributed by atoms with van der Waals surface area (Å²) in [7, 11) is 0. The third kappa shape index (κ3) is 2.78. The highest BCUT2D eigenvalue weighted by molar-refractivity contribution is 5.98. The molecule has 2 N–H and O–H groups in total. The molecule has 1 unspecified atom stereocenters. The summed E-state index contributed by atoms with van der Waals surface area (Å²) >= 11 is 0. The van der Waals surface area contributed by atoms with Crippen molar-refractivity contribution in [3.05, 3.63) is 41.5 Å². The van der Waals surface area contributed by atoms with Gasteiger partial charge in [-0.1, -0.05) is 0 Å². The van der Waals surface area contributed by atoms with Crippen molar-refractivity contribution in [2.45, 2.75) is 26.5 Å². The minimum atomic E-state index is -0.573. The number of pyridine rings is 1. The molecule has 0 aliphatic carbocycles. The fourth-order valence-electron chi connectivity index (χ4n) is 2.06. The van der Waals surface area contributed by atoms with E-state index in [0.29, 0.717) is 11.5 Å². The Kier molecular flexibility index (Phi) is 3.54. The van der Waals surface area contributed by atoms with Crippen LogP contribution in [-0.2, 0) is 11.3 Å². The molecule has 3 rings (SSSR count). The van der Waals surface area contributed by atoms with E-state index in [-0.39, 0.29) is 29.9 Å². The van der Waals surface area contributed by atoms with Gasteiger partial charge in [-0.2, -0.15) is 0 Å². The number of furan rings is 1. The number of aryl methyl sites for hydroxylation is 1. The van der Waals surface area contributed by atoms with Gasteiger partial charge in [-0.15, -0.1) is 0 Å². The SMILES string of the molecule is Cc1ccc(CNC(=O)c2ccc3c(n2)NC(=O)C(C)O3)o1. The van der Waals surface area contributed by atoms with Crippen LogP contribution in [0, 0.1) is 6.92 Å². The van der Waals surface area contributed by atoms with Crippen molar-refractivity contribution in [3.63, 3.8) is 0 Å². The average molecular weight is 301 g/mol. The van der Waals surface area contributed by atoms with Gasteiger partial charge in [-0.05, 0) is 38.1 Å². The smallest absolute Gasteiger partial charge is 0.270 e. The first-order chi connectivity index (χ1) is 10.5. The Morgan fingerprint density at radius 2 is 2.18 bits per heavy atom. The van der Waals surface area contributed by atoms with Gasteiger partial charge >= 0.3 is 0 Å². The molecule has 7 heteroatoms. The number of hydrogen-bond donors (Lipinski definition) is 2. The van der Waals surface area contributed by atoms with Crippen LogP contribution in [0.3, 0.4) is 0 Å². The molecular weight excluding hydrogens is 286 g/mol. The molecule has 1 aliphatic rings. The predicted octanol–water partition coefficient (Wildman–Crippen LogP) is 1.63. The molecule has 22 heavy (non-hydrogen) atoms. The van der Waals surface area contributed by atoms with E-state index in [1.807, 2.05) is 13.0 Å². The lowest BCUT2D eigenvalue weighted by atomic mass is 10.2. The summed E-state index contributed by atoms with van der Waals surface area (Å²) in [6.07, 6.45) is -0.573. The molecule has 0 aromatic carbocycles. The van der Waals surface area contributed by atoms with E-state index in [1.165, 1.54) is 0 Å². The summed E-state index contributed by atoms with van der Waals surface area (Å²) in [4.78, 5) is 27.8. The lowest BCUT2D eigenvalue weighted by Gasteiger charge is -2.22. The van der Waals surface area contributed by atoms with Gasteiger partial charge in [0, 0.05) is 0 Å². The lowest BCUT2D eigenvalue weighted by molar-refractivity contribution is -0.122. The van der Waals surface area contributed by atoms with Crippen LogP contribution in [0.25, 0.3) is 0 Å². The Labute approximate surface area is 126 Å². The number of ether oxygens (including phenoxy) is 1. The monoisotopic (exact) mass is 301 g/mol. The van der Waals surface area contributed by atoms with Crippen molar-refractivity contribution >= 4 is 17.6 Å². The molecule has 7 nitrogen and oxygen atoms in total. The van der Waals surface area contributed by atoms with Crippen LogP contribution in [0.1, 0.15) is 28.9 Å². The molecule has 0 saturated heterocycles. The summed E-state index contributed by atoms with van der Waals surface area (Å²) in [5, 5.41) is 5.32. The van der Waals surface area contributed by atoms with Gasteiger partial charge in [0.1, 0.15) is 17.2 Å². The molecule has 1 atom stereocenters. The van der Waals surface area contributed by atoms with Crippen LogP contribution in [0.2, 0.25) is 0 Å². The maximum atomic E-state index is 12.1. The van der Waals surface area contributed by atoms with Gasteiger partial charge in [0.25, 0.3) is 11.8 Å². The highest BCUT2D eigenvalue weighted by Crippen LogP contribution is 2.27. The van der Waals surface area contributed by atoms with Crippen LogP contribution in [0.15, 0.2) is 28.7 Å². The zero-order valence-electron chi connectivity index (χ0n) is 12.2. The van der Waals surface area contributed by atoms with E-state index in [9.17, 15) is 9.59 Å². The van der Waals surface area contributed by atoms with E-state index in [4.69, 9.17) is 9.15 Å². The average Bonchev–Trinajstić information content (AvgIpc) is 2.91. The van der Waals surface area contributed by atoms with Gasteiger partial charge < -0.3 is 19.8 Å². The molecule has 1 aliphatic heterocycles. The molecular formula is C15H15N3O4. The Bertz CT molecular complexity index is 738.